The molecule has 4 aromatic rings. The number of halogens is 4. The van der Waals surface area contributed by atoms with Crippen molar-refractivity contribution in [2.45, 2.75) is 15.7 Å². The quantitative estimate of drug-likeness (QED) is 0.269. The Labute approximate surface area is 175 Å². The van der Waals surface area contributed by atoms with E-state index < -0.39 is 54.5 Å². The molecule has 6 nitrogen and oxygen atoms in total. The van der Waals surface area contributed by atoms with Crippen molar-refractivity contribution in [2.75, 3.05) is 0 Å². The van der Waals surface area contributed by atoms with Crippen LogP contribution in [-0.4, -0.2) is 23.0 Å². The van der Waals surface area contributed by atoms with Gasteiger partial charge < -0.3 is 0 Å². The SMILES string of the molecule is NS(=O)(=O)c1c(-c2c(F)c(F)c(SCc3ccccc3)c(F)c2F)nc2scnn12. The van der Waals surface area contributed by atoms with Gasteiger partial charge in [0.05, 0.1) is 10.5 Å². The van der Waals surface area contributed by atoms with E-state index in [9.17, 15) is 26.0 Å². The molecule has 0 atom stereocenters. The van der Waals surface area contributed by atoms with Crippen LogP contribution in [0.5, 0.6) is 0 Å². The summed E-state index contributed by atoms with van der Waals surface area (Å²) in [5.74, 6) is -6.82. The first-order chi connectivity index (χ1) is 14.2. The molecule has 2 N–H and O–H groups in total. The predicted molar refractivity (Wildman–Crippen MR) is 104 cm³/mol. The third-order valence-electron chi connectivity index (χ3n) is 4.06. The number of nitrogens with zero attached hydrogens (tertiary/aromatic N) is 3. The largest absolute Gasteiger partial charge is 0.257 e. The van der Waals surface area contributed by atoms with Crippen LogP contribution in [0.2, 0.25) is 0 Å². The Morgan fingerprint density at radius 1 is 1.03 bits per heavy atom. The molecule has 0 radical (unpaired) electrons. The molecule has 0 saturated carbocycles. The van der Waals surface area contributed by atoms with Gasteiger partial charge in [-0.2, -0.15) is 9.61 Å². The number of primary sulfonamides is 1. The highest BCUT2D eigenvalue weighted by Crippen LogP contribution is 2.39. The maximum absolute atomic E-state index is 14.8. The highest BCUT2D eigenvalue weighted by atomic mass is 32.2. The third kappa shape index (κ3) is 3.47. The number of thioether (sulfide) groups is 1. The van der Waals surface area contributed by atoms with Gasteiger partial charge in [-0.1, -0.05) is 41.7 Å². The van der Waals surface area contributed by atoms with E-state index in [1.807, 2.05) is 0 Å². The normalized spacial score (nSPS) is 12.0. The Morgan fingerprint density at radius 2 is 1.67 bits per heavy atom. The first kappa shape index (κ1) is 20.8. The Hall–Kier alpha value is -2.48. The number of hydrogen-bond acceptors (Lipinski definition) is 6. The predicted octanol–water partition coefficient (Wildman–Crippen LogP) is 3.95. The van der Waals surface area contributed by atoms with Crippen molar-refractivity contribution in [2.24, 2.45) is 5.14 Å². The summed E-state index contributed by atoms with van der Waals surface area (Å²) in [4.78, 5) is 2.84. The van der Waals surface area contributed by atoms with Gasteiger partial charge in [-0.25, -0.2) is 36.1 Å². The summed E-state index contributed by atoms with van der Waals surface area (Å²) in [6.07, 6.45) is 0. The van der Waals surface area contributed by atoms with Crippen molar-refractivity contribution in [3.05, 3.63) is 64.7 Å². The van der Waals surface area contributed by atoms with E-state index in [0.29, 0.717) is 17.3 Å². The summed E-state index contributed by atoms with van der Waals surface area (Å²) in [6.45, 7) is 0. The van der Waals surface area contributed by atoms with E-state index in [2.05, 4.69) is 10.1 Å². The topological polar surface area (TPSA) is 90.4 Å². The molecule has 30 heavy (non-hydrogen) atoms. The van der Waals surface area contributed by atoms with Crippen LogP contribution in [0.3, 0.4) is 0 Å². The summed E-state index contributed by atoms with van der Waals surface area (Å²) >= 11 is 1.41. The zero-order chi connectivity index (χ0) is 21.6. The standard InChI is InChI=1S/C17H10F4N4O2S3/c18-10-9(14-16(30(22,26)27)25-17(24-14)29-7-23-25)11(19)13(21)15(12(10)20)28-6-8-4-2-1-3-5-8/h1-5,7H,6H2,(H2,22,26,27). The molecule has 0 aliphatic heterocycles. The Balaban J connectivity index is 1.87. The molecule has 4 rings (SSSR count). The van der Waals surface area contributed by atoms with Crippen LogP contribution >= 0.6 is 23.1 Å². The molecule has 2 aromatic carbocycles. The lowest BCUT2D eigenvalue weighted by molar-refractivity contribution is 0.429. The fraction of sp³-hybridized carbons (Fsp3) is 0.0588. The first-order valence-corrected chi connectivity index (χ1v) is 11.5. The minimum absolute atomic E-state index is 0.0550. The summed E-state index contributed by atoms with van der Waals surface area (Å²) in [7, 11) is -4.59. The van der Waals surface area contributed by atoms with Gasteiger partial charge in [0.1, 0.15) is 11.2 Å². The van der Waals surface area contributed by atoms with E-state index in [-0.39, 0.29) is 10.7 Å². The van der Waals surface area contributed by atoms with E-state index in [0.717, 1.165) is 15.9 Å². The lowest BCUT2D eigenvalue weighted by Gasteiger charge is -2.11. The molecule has 156 valence electrons. The fourth-order valence-electron chi connectivity index (χ4n) is 2.77. The van der Waals surface area contributed by atoms with Crippen LogP contribution in [0, 0.1) is 23.3 Å². The molecular weight excluding hydrogens is 464 g/mol. The van der Waals surface area contributed by atoms with Gasteiger partial charge in [0.15, 0.2) is 23.3 Å². The molecule has 13 heteroatoms. The van der Waals surface area contributed by atoms with Crippen molar-refractivity contribution in [3.63, 3.8) is 0 Å². The number of sulfonamides is 1. The fourth-order valence-corrected chi connectivity index (χ4v) is 5.17. The number of nitrogens with two attached hydrogens (primary N) is 1. The van der Waals surface area contributed by atoms with Gasteiger partial charge in [0.25, 0.3) is 10.0 Å². The van der Waals surface area contributed by atoms with Crippen LogP contribution in [0.1, 0.15) is 5.56 Å². The summed E-state index contributed by atoms with van der Waals surface area (Å²) in [6, 6.07) is 8.54. The zero-order valence-electron chi connectivity index (χ0n) is 14.6. The zero-order valence-corrected chi connectivity index (χ0v) is 17.1. The van der Waals surface area contributed by atoms with Gasteiger partial charge in [-0.05, 0) is 5.56 Å². The van der Waals surface area contributed by atoms with Gasteiger partial charge in [-0.3, -0.25) is 0 Å². The van der Waals surface area contributed by atoms with Crippen LogP contribution in [0.4, 0.5) is 17.6 Å². The van der Waals surface area contributed by atoms with Crippen molar-refractivity contribution in [3.8, 4) is 11.3 Å². The second-order valence-electron chi connectivity index (χ2n) is 5.98. The molecule has 0 unspecified atom stereocenters. The lowest BCUT2D eigenvalue weighted by atomic mass is 10.1. The molecule has 0 spiro atoms. The monoisotopic (exact) mass is 474 g/mol. The van der Waals surface area contributed by atoms with Crippen LogP contribution < -0.4 is 5.14 Å². The number of rotatable bonds is 5. The second-order valence-corrected chi connectivity index (χ2v) is 9.25. The molecule has 0 aliphatic rings. The molecule has 2 aromatic heterocycles. The van der Waals surface area contributed by atoms with E-state index in [4.69, 9.17) is 5.14 Å². The molecule has 0 amide bonds. The summed E-state index contributed by atoms with van der Waals surface area (Å²) in [5.41, 5.74) is -0.221. The number of fused-ring (bicyclic) bond motifs is 1. The van der Waals surface area contributed by atoms with E-state index in [1.165, 1.54) is 5.51 Å². The third-order valence-corrected chi connectivity index (χ3v) is 6.76. The number of hydrogen-bond donors (Lipinski definition) is 1. The summed E-state index contributed by atoms with van der Waals surface area (Å²) in [5, 5.41) is 7.94. The number of aromatic nitrogens is 3. The van der Waals surface area contributed by atoms with Gasteiger partial charge in [-0.15, -0.1) is 11.8 Å². The Kier molecular flexibility index (Phi) is 5.30. The Morgan fingerprint density at radius 3 is 2.27 bits per heavy atom. The Bertz CT molecular complexity index is 1340. The smallest absolute Gasteiger partial charge is 0.223 e. The highest BCUT2D eigenvalue weighted by molar-refractivity contribution is 7.98. The minimum Gasteiger partial charge on any atom is -0.223 e. The molecule has 0 aliphatic carbocycles. The molecular formula is C17H10F4N4O2S3. The maximum atomic E-state index is 14.8. The van der Waals surface area contributed by atoms with E-state index >= 15 is 0 Å². The minimum atomic E-state index is -4.59. The molecule has 0 fully saturated rings. The molecule has 0 bridgehead atoms. The van der Waals surface area contributed by atoms with Crippen LogP contribution in [0.15, 0.2) is 45.8 Å². The maximum Gasteiger partial charge on any atom is 0.257 e. The van der Waals surface area contributed by atoms with Crippen LogP contribution in [-0.2, 0) is 15.8 Å². The van der Waals surface area contributed by atoms with Gasteiger partial charge in [0.2, 0.25) is 9.99 Å². The van der Waals surface area contributed by atoms with Gasteiger partial charge >= 0.3 is 0 Å². The average Bonchev–Trinajstić information content (AvgIpc) is 3.28. The van der Waals surface area contributed by atoms with Crippen molar-refractivity contribution in [1.82, 2.24) is 14.6 Å². The lowest BCUT2D eigenvalue weighted by Crippen LogP contribution is -2.17. The second kappa shape index (κ2) is 7.65. The van der Waals surface area contributed by atoms with Crippen LogP contribution in [0.25, 0.3) is 16.2 Å². The van der Waals surface area contributed by atoms with Crippen molar-refractivity contribution in [1.29, 1.82) is 0 Å². The van der Waals surface area contributed by atoms with E-state index in [1.54, 1.807) is 30.3 Å². The molecule has 2 heterocycles. The number of imidazole rings is 1. The van der Waals surface area contributed by atoms with Crippen molar-refractivity contribution < 1.29 is 26.0 Å². The van der Waals surface area contributed by atoms with Crippen molar-refractivity contribution >= 4 is 38.1 Å². The molecule has 0 saturated heterocycles. The van der Waals surface area contributed by atoms with Gasteiger partial charge in [0, 0.05) is 5.75 Å². The summed E-state index contributed by atoms with van der Waals surface area (Å²) < 4.78 is 83.6. The number of benzene rings is 2. The highest BCUT2D eigenvalue weighted by Gasteiger charge is 2.33. The average molecular weight is 474 g/mol. The first-order valence-electron chi connectivity index (χ1n) is 8.08.